The van der Waals surface area contributed by atoms with E-state index >= 15 is 0 Å². The Bertz CT molecular complexity index is 108. The van der Waals surface area contributed by atoms with Crippen LogP contribution in [0.1, 0.15) is 6.92 Å². The molecular formula is C8H13N. The molecule has 1 heteroatoms. The molecule has 1 nitrogen and oxygen atoms in total. The highest BCUT2D eigenvalue weighted by molar-refractivity contribution is 4.94. The van der Waals surface area contributed by atoms with E-state index in [0.717, 1.165) is 5.70 Å². The fourth-order valence-electron chi connectivity index (χ4n) is 0.202. The number of hydrogen-bond donors (Lipinski definition) is 1. The summed E-state index contributed by atoms with van der Waals surface area (Å²) in [4.78, 5) is 0. The first-order valence-corrected chi connectivity index (χ1v) is 2.60. The standard InChI is InChI=1S/C6H9N.C2H4/c1-4-5-7-6(2)3;1-2/h1,7H,2,5H2,3H3;1-2H2. The van der Waals surface area contributed by atoms with Gasteiger partial charge in [0, 0.05) is 5.70 Å². The van der Waals surface area contributed by atoms with E-state index < -0.39 is 0 Å². The highest BCUT2D eigenvalue weighted by Gasteiger charge is 1.73. The van der Waals surface area contributed by atoms with Crippen molar-refractivity contribution in [1.82, 2.24) is 5.32 Å². The lowest BCUT2D eigenvalue weighted by molar-refractivity contribution is 0.927. The van der Waals surface area contributed by atoms with Gasteiger partial charge in [-0.15, -0.1) is 19.6 Å². The van der Waals surface area contributed by atoms with Gasteiger partial charge in [-0.1, -0.05) is 12.5 Å². The van der Waals surface area contributed by atoms with Gasteiger partial charge < -0.3 is 5.32 Å². The first kappa shape index (κ1) is 10.8. The summed E-state index contributed by atoms with van der Waals surface area (Å²) in [5.74, 6) is 2.43. The maximum atomic E-state index is 4.92. The van der Waals surface area contributed by atoms with Gasteiger partial charge in [-0.05, 0) is 6.92 Å². The van der Waals surface area contributed by atoms with Gasteiger partial charge in [0.1, 0.15) is 0 Å². The van der Waals surface area contributed by atoms with E-state index in [0.29, 0.717) is 6.54 Å². The second-order valence-corrected chi connectivity index (χ2v) is 1.34. The van der Waals surface area contributed by atoms with E-state index in [1.165, 1.54) is 0 Å². The first-order valence-electron chi connectivity index (χ1n) is 2.60. The molecule has 0 atom stereocenters. The highest BCUT2D eigenvalue weighted by atomic mass is 14.8. The average Bonchev–Trinajstić information content (AvgIpc) is 1.88. The molecule has 0 bridgehead atoms. The van der Waals surface area contributed by atoms with Crippen LogP contribution in [-0.2, 0) is 0 Å². The molecular weight excluding hydrogens is 110 g/mol. The summed E-state index contributed by atoms with van der Waals surface area (Å²) in [6.07, 6.45) is 4.92. The molecule has 0 radical (unpaired) electrons. The minimum Gasteiger partial charge on any atom is -0.378 e. The zero-order chi connectivity index (χ0) is 7.70. The highest BCUT2D eigenvalue weighted by Crippen LogP contribution is 1.72. The van der Waals surface area contributed by atoms with E-state index in [9.17, 15) is 0 Å². The quantitative estimate of drug-likeness (QED) is 0.434. The number of rotatable bonds is 2. The number of hydrogen-bond acceptors (Lipinski definition) is 1. The molecule has 0 amide bonds. The smallest absolute Gasteiger partial charge is 0.0760 e. The summed E-state index contributed by atoms with van der Waals surface area (Å²) in [7, 11) is 0. The molecule has 0 aromatic carbocycles. The van der Waals surface area contributed by atoms with Crippen molar-refractivity contribution < 1.29 is 0 Å². The zero-order valence-corrected chi connectivity index (χ0v) is 5.91. The molecule has 0 aliphatic rings. The number of allylic oxidation sites excluding steroid dienone is 1. The fraction of sp³-hybridized carbons (Fsp3) is 0.250. The van der Waals surface area contributed by atoms with Crippen LogP contribution in [0.4, 0.5) is 0 Å². The summed E-state index contributed by atoms with van der Waals surface area (Å²) in [5, 5.41) is 2.86. The van der Waals surface area contributed by atoms with Crippen LogP contribution in [0.5, 0.6) is 0 Å². The lowest BCUT2D eigenvalue weighted by Gasteiger charge is -1.94. The monoisotopic (exact) mass is 123 g/mol. The molecule has 0 fully saturated rings. The van der Waals surface area contributed by atoms with E-state index in [4.69, 9.17) is 6.42 Å². The Morgan fingerprint density at radius 3 is 2.22 bits per heavy atom. The summed E-state index contributed by atoms with van der Waals surface area (Å²) < 4.78 is 0. The van der Waals surface area contributed by atoms with Gasteiger partial charge >= 0.3 is 0 Å². The molecule has 0 aromatic rings. The van der Waals surface area contributed by atoms with Gasteiger partial charge in [0.2, 0.25) is 0 Å². The van der Waals surface area contributed by atoms with Gasteiger partial charge in [0.15, 0.2) is 0 Å². The fourth-order valence-corrected chi connectivity index (χ4v) is 0.202. The van der Waals surface area contributed by atoms with Crippen molar-refractivity contribution in [3.05, 3.63) is 25.4 Å². The molecule has 0 rings (SSSR count). The van der Waals surface area contributed by atoms with Crippen molar-refractivity contribution in [2.75, 3.05) is 6.54 Å². The minimum atomic E-state index is 0.579. The summed E-state index contributed by atoms with van der Waals surface area (Å²) in [6, 6.07) is 0. The predicted molar refractivity (Wildman–Crippen MR) is 42.9 cm³/mol. The largest absolute Gasteiger partial charge is 0.378 e. The Hall–Kier alpha value is -1.16. The second kappa shape index (κ2) is 9.96. The van der Waals surface area contributed by atoms with Gasteiger partial charge in [0.25, 0.3) is 0 Å². The van der Waals surface area contributed by atoms with Crippen LogP contribution in [-0.4, -0.2) is 6.54 Å². The lowest BCUT2D eigenvalue weighted by atomic mass is 10.5. The second-order valence-electron chi connectivity index (χ2n) is 1.34. The van der Waals surface area contributed by atoms with Crippen LogP contribution in [0.15, 0.2) is 25.4 Å². The Morgan fingerprint density at radius 1 is 1.67 bits per heavy atom. The number of terminal acetylenes is 1. The molecule has 0 saturated carbocycles. The van der Waals surface area contributed by atoms with Crippen LogP contribution >= 0.6 is 0 Å². The van der Waals surface area contributed by atoms with Crippen molar-refractivity contribution >= 4 is 0 Å². The van der Waals surface area contributed by atoms with Crippen molar-refractivity contribution in [3.8, 4) is 12.3 Å². The predicted octanol–water partition coefficient (Wildman–Crippen LogP) is 1.54. The van der Waals surface area contributed by atoms with Crippen molar-refractivity contribution in [2.45, 2.75) is 6.92 Å². The Morgan fingerprint density at radius 2 is 2.11 bits per heavy atom. The third kappa shape index (κ3) is 19.9. The van der Waals surface area contributed by atoms with Crippen LogP contribution in [0.2, 0.25) is 0 Å². The van der Waals surface area contributed by atoms with Crippen LogP contribution < -0.4 is 5.32 Å². The lowest BCUT2D eigenvalue weighted by Crippen LogP contribution is -2.08. The normalized spacial score (nSPS) is 5.78. The average molecular weight is 123 g/mol. The molecule has 0 aliphatic heterocycles. The maximum Gasteiger partial charge on any atom is 0.0760 e. The van der Waals surface area contributed by atoms with Crippen molar-refractivity contribution in [3.63, 3.8) is 0 Å². The minimum absolute atomic E-state index is 0.579. The van der Waals surface area contributed by atoms with E-state index in [1.54, 1.807) is 0 Å². The van der Waals surface area contributed by atoms with Crippen molar-refractivity contribution in [2.24, 2.45) is 0 Å². The Labute approximate surface area is 57.5 Å². The first-order chi connectivity index (χ1) is 4.27. The van der Waals surface area contributed by atoms with Gasteiger partial charge in [-0.3, -0.25) is 0 Å². The zero-order valence-electron chi connectivity index (χ0n) is 5.91. The van der Waals surface area contributed by atoms with Crippen molar-refractivity contribution in [1.29, 1.82) is 0 Å². The van der Waals surface area contributed by atoms with Crippen LogP contribution in [0, 0.1) is 12.3 Å². The van der Waals surface area contributed by atoms with Gasteiger partial charge in [0.05, 0.1) is 6.54 Å². The topological polar surface area (TPSA) is 12.0 Å². The molecule has 9 heavy (non-hydrogen) atoms. The SMILES string of the molecule is C#CCNC(=C)C.C=C. The Kier molecular flexibility index (Phi) is 11.9. The third-order valence-corrected chi connectivity index (χ3v) is 0.492. The molecule has 0 unspecified atom stereocenters. The molecule has 0 saturated heterocycles. The van der Waals surface area contributed by atoms with Gasteiger partial charge in [-0.2, -0.15) is 0 Å². The summed E-state index contributed by atoms with van der Waals surface area (Å²) >= 11 is 0. The van der Waals surface area contributed by atoms with Gasteiger partial charge in [-0.25, -0.2) is 0 Å². The van der Waals surface area contributed by atoms with E-state index in [1.807, 2.05) is 6.92 Å². The Balaban J connectivity index is 0. The summed E-state index contributed by atoms with van der Waals surface area (Å²) in [5.41, 5.74) is 0.915. The van der Waals surface area contributed by atoms with E-state index in [2.05, 4.69) is 31.0 Å². The molecule has 50 valence electrons. The number of nitrogens with one attached hydrogen (secondary N) is 1. The summed E-state index contributed by atoms with van der Waals surface area (Å²) in [6.45, 7) is 12.0. The maximum absolute atomic E-state index is 4.92. The molecule has 0 spiro atoms. The van der Waals surface area contributed by atoms with Crippen LogP contribution in [0.25, 0.3) is 0 Å². The van der Waals surface area contributed by atoms with Crippen LogP contribution in [0.3, 0.4) is 0 Å². The molecule has 1 N–H and O–H groups in total. The van der Waals surface area contributed by atoms with E-state index in [-0.39, 0.29) is 0 Å². The molecule has 0 aliphatic carbocycles. The molecule has 0 aromatic heterocycles. The third-order valence-electron chi connectivity index (χ3n) is 0.492. The molecule has 0 heterocycles.